The zero-order valence-corrected chi connectivity index (χ0v) is 22.8. The van der Waals surface area contributed by atoms with E-state index >= 15 is 13.2 Å². The van der Waals surface area contributed by atoms with Crippen molar-refractivity contribution in [3.8, 4) is 11.3 Å². The molecule has 1 amide bonds. The van der Waals surface area contributed by atoms with Crippen LogP contribution in [-0.2, 0) is 16.8 Å². The molecular formula is C30H32F3N7O2. The molecule has 0 radical (unpaired) electrons. The minimum Gasteiger partial charge on any atom is -0.403 e. The minimum absolute atomic E-state index is 0.0753. The fraction of sp³-hybridized carbons (Fsp3) is 0.367. The van der Waals surface area contributed by atoms with Gasteiger partial charge in [0.15, 0.2) is 0 Å². The van der Waals surface area contributed by atoms with E-state index in [1.807, 2.05) is 4.90 Å². The van der Waals surface area contributed by atoms with Gasteiger partial charge in [0.05, 0.1) is 17.6 Å². The number of carbonyl (C=O) groups is 1. The zero-order valence-electron chi connectivity index (χ0n) is 22.8. The van der Waals surface area contributed by atoms with Gasteiger partial charge in [-0.2, -0.15) is 0 Å². The third-order valence-corrected chi connectivity index (χ3v) is 8.40. The van der Waals surface area contributed by atoms with Gasteiger partial charge in [0.2, 0.25) is 0 Å². The Hall–Kier alpha value is -4.16. The molecule has 220 valence electrons. The molecule has 5 heterocycles. The van der Waals surface area contributed by atoms with E-state index in [1.54, 1.807) is 24.5 Å². The first kappa shape index (κ1) is 28.0. The molecule has 0 aliphatic carbocycles. The zero-order chi connectivity index (χ0) is 29.4. The van der Waals surface area contributed by atoms with Gasteiger partial charge in [-0.05, 0) is 41.8 Å². The third-order valence-electron chi connectivity index (χ3n) is 8.40. The van der Waals surface area contributed by atoms with Gasteiger partial charge in [-0.15, -0.1) is 0 Å². The highest BCUT2D eigenvalue weighted by Gasteiger charge is 2.39. The topological polar surface area (TPSA) is 131 Å². The number of ether oxygens (including phenoxy) is 1. The number of pyridine rings is 2. The number of benzene rings is 1. The summed E-state index contributed by atoms with van der Waals surface area (Å²) in [7, 11) is 0. The van der Waals surface area contributed by atoms with Gasteiger partial charge < -0.3 is 31.7 Å². The van der Waals surface area contributed by atoms with Crippen LogP contribution in [-0.4, -0.2) is 54.3 Å². The normalized spacial score (nSPS) is 23.6. The Labute approximate surface area is 241 Å². The van der Waals surface area contributed by atoms with Crippen molar-refractivity contribution >= 4 is 17.3 Å². The second-order valence-electron chi connectivity index (χ2n) is 11.0. The molecule has 2 fully saturated rings. The Balaban J connectivity index is 1.56. The number of alkyl halides is 1. The number of fused-ring (bicyclic) bond motifs is 8. The summed E-state index contributed by atoms with van der Waals surface area (Å²) in [5.41, 5.74) is 11.6. The van der Waals surface area contributed by atoms with Gasteiger partial charge in [-0.25, -0.2) is 18.2 Å². The fourth-order valence-electron chi connectivity index (χ4n) is 6.31. The summed E-state index contributed by atoms with van der Waals surface area (Å²) in [6.07, 6.45) is 6.46. The summed E-state index contributed by atoms with van der Waals surface area (Å²) in [6, 6.07) is 6.09. The standard InChI is InChI=1S/C30H32F3N7O2/c31-20-1-2-23-29(41)39-24-14-36-7-3-25(24)40-15-18(27(22(35)16-40)37-8-6-34)11-17-12-19(30(33)4-9-42-10-5-30)13-21(32)26(17)28(20)38-23/h1-3,6-8,12-14,18,22,27,37H,4-5,9-11,15-16,34-35H2,(H,39,41)/b8-6-/t18-,22?,27?/m0/s1. The van der Waals surface area contributed by atoms with Crippen LogP contribution in [0.1, 0.15) is 34.5 Å². The second kappa shape index (κ2) is 11.3. The Morgan fingerprint density at radius 2 is 1.95 bits per heavy atom. The van der Waals surface area contributed by atoms with Gasteiger partial charge in [-0.3, -0.25) is 9.78 Å². The molecule has 2 unspecified atom stereocenters. The van der Waals surface area contributed by atoms with E-state index in [2.05, 4.69) is 20.6 Å². The largest absolute Gasteiger partial charge is 0.403 e. The second-order valence-corrected chi connectivity index (χ2v) is 11.0. The highest BCUT2D eigenvalue weighted by atomic mass is 19.1. The van der Waals surface area contributed by atoms with Crippen LogP contribution in [0.15, 0.2) is 55.1 Å². The minimum atomic E-state index is -1.80. The predicted octanol–water partition coefficient (Wildman–Crippen LogP) is 3.36. The molecule has 4 bridgehead atoms. The number of halogens is 3. The lowest BCUT2D eigenvalue weighted by molar-refractivity contribution is -0.0116. The number of hydrogen-bond acceptors (Lipinski definition) is 8. The molecule has 1 aromatic carbocycles. The molecule has 0 saturated carbocycles. The molecule has 6 rings (SSSR count). The molecule has 2 saturated heterocycles. The molecule has 3 aromatic rings. The number of nitrogens with one attached hydrogen (secondary N) is 2. The number of anilines is 2. The quantitative estimate of drug-likeness (QED) is 0.372. The maximum Gasteiger partial charge on any atom is 0.274 e. The monoisotopic (exact) mass is 579 g/mol. The van der Waals surface area contributed by atoms with Crippen LogP contribution < -0.4 is 27.0 Å². The Bertz CT molecular complexity index is 1530. The molecule has 6 N–H and O–H groups in total. The highest BCUT2D eigenvalue weighted by Crippen LogP contribution is 2.41. The van der Waals surface area contributed by atoms with Crippen molar-refractivity contribution in [2.75, 3.05) is 36.5 Å². The maximum atomic E-state index is 16.2. The van der Waals surface area contributed by atoms with E-state index in [-0.39, 0.29) is 67.0 Å². The summed E-state index contributed by atoms with van der Waals surface area (Å²) in [4.78, 5) is 23.8. The predicted molar refractivity (Wildman–Crippen MR) is 152 cm³/mol. The Morgan fingerprint density at radius 1 is 1.14 bits per heavy atom. The van der Waals surface area contributed by atoms with Crippen molar-refractivity contribution in [3.05, 3.63) is 83.6 Å². The van der Waals surface area contributed by atoms with Crippen LogP contribution in [0.4, 0.5) is 24.5 Å². The molecule has 42 heavy (non-hydrogen) atoms. The number of piperidine rings is 1. The highest BCUT2D eigenvalue weighted by molar-refractivity contribution is 6.05. The Morgan fingerprint density at radius 3 is 2.74 bits per heavy atom. The first-order valence-corrected chi connectivity index (χ1v) is 13.9. The number of rotatable bonds is 3. The van der Waals surface area contributed by atoms with Crippen LogP contribution in [0.3, 0.4) is 0 Å². The van der Waals surface area contributed by atoms with Crippen molar-refractivity contribution in [2.24, 2.45) is 17.4 Å². The molecule has 2 aromatic heterocycles. The van der Waals surface area contributed by atoms with Gasteiger partial charge in [-0.1, -0.05) is 6.07 Å². The maximum absolute atomic E-state index is 16.2. The van der Waals surface area contributed by atoms with Gasteiger partial charge in [0.25, 0.3) is 5.91 Å². The lowest BCUT2D eigenvalue weighted by Crippen LogP contribution is -2.61. The molecular weight excluding hydrogens is 547 g/mol. The first-order valence-electron chi connectivity index (χ1n) is 13.9. The molecule has 3 atom stereocenters. The van der Waals surface area contributed by atoms with Crippen LogP contribution in [0.5, 0.6) is 0 Å². The van der Waals surface area contributed by atoms with Crippen molar-refractivity contribution in [1.29, 1.82) is 0 Å². The number of nitrogens with zero attached hydrogens (tertiary/aromatic N) is 3. The number of aromatic nitrogens is 2. The Kier molecular flexibility index (Phi) is 7.50. The number of nitrogens with two attached hydrogens (primary N) is 2. The van der Waals surface area contributed by atoms with Crippen LogP contribution in [0.2, 0.25) is 0 Å². The average molecular weight is 580 g/mol. The third kappa shape index (κ3) is 5.16. The van der Waals surface area contributed by atoms with Crippen molar-refractivity contribution < 1.29 is 22.7 Å². The van der Waals surface area contributed by atoms with Crippen LogP contribution in [0.25, 0.3) is 11.3 Å². The van der Waals surface area contributed by atoms with E-state index < -0.39 is 29.3 Å². The number of amides is 1. The van der Waals surface area contributed by atoms with Gasteiger partial charge in [0, 0.05) is 81.3 Å². The molecule has 3 aliphatic heterocycles. The van der Waals surface area contributed by atoms with Crippen molar-refractivity contribution in [2.45, 2.75) is 37.0 Å². The van der Waals surface area contributed by atoms with E-state index in [0.29, 0.717) is 30.0 Å². The molecule has 3 aliphatic rings. The van der Waals surface area contributed by atoms with Gasteiger partial charge in [0.1, 0.15) is 28.7 Å². The van der Waals surface area contributed by atoms with E-state index in [9.17, 15) is 4.79 Å². The summed E-state index contributed by atoms with van der Waals surface area (Å²) in [5.74, 6) is -2.51. The summed E-state index contributed by atoms with van der Waals surface area (Å²) < 4.78 is 53.1. The van der Waals surface area contributed by atoms with Crippen LogP contribution in [0, 0.1) is 17.6 Å². The van der Waals surface area contributed by atoms with Crippen molar-refractivity contribution in [1.82, 2.24) is 15.3 Å². The summed E-state index contributed by atoms with van der Waals surface area (Å²) in [5, 5.41) is 6.09. The van der Waals surface area contributed by atoms with E-state index in [4.69, 9.17) is 16.2 Å². The molecule has 0 spiro atoms. The number of carbonyl (C=O) groups excluding carboxylic acids is 1. The molecule has 9 nitrogen and oxygen atoms in total. The van der Waals surface area contributed by atoms with Gasteiger partial charge >= 0.3 is 0 Å². The van der Waals surface area contributed by atoms with Crippen molar-refractivity contribution in [3.63, 3.8) is 0 Å². The number of hydrogen-bond donors (Lipinski definition) is 4. The summed E-state index contributed by atoms with van der Waals surface area (Å²) >= 11 is 0. The smallest absolute Gasteiger partial charge is 0.274 e. The molecule has 12 heteroatoms. The van der Waals surface area contributed by atoms with E-state index in [1.165, 1.54) is 18.5 Å². The van der Waals surface area contributed by atoms with Crippen LogP contribution >= 0.6 is 0 Å². The van der Waals surface area contributed by atoms with E-state index in [0.717, 1.165) is 12.1 Å². The SMILES string of the molecule is N/C=C\NC1C(N)CN2C[C@@H]1Cc1cc(C3(F)CCOCC3)cc(F)c1-c1nc(ccc1F)C(=O)Nc1cnccc12. The lowest BCUT2D eigenvalue weighted by Gasteiger charge is -2.44. The fourth-order valence-corrected chi connectivity index (χ4v) is 6.31. The average Bonchev–Trinajstić information content (AvgIpc) is 2.98. The lowest BCUT2D eigenvalue weighted by atomic mass is 9.80. The first-order chi connectivity index (χ1) is 20.3. The summed E-state index contributed by atoms with van der Waals surface area (Å²) in [6.45, 7) is 1.28.